The minimum absolute atomic E-state index is 0.00582. The van der Waals surface area contributed by atoms with E-state index in [9.17, 15) is 9.59 Å². The summed E-state index contributed by atoms with van der Waals surface area (Å²) in [5.74, 6) is 0.712. The number of carbonyl (C=O) groups excluding carboxylic acids is 2. The maximum absolute atomic E-state index is 11.9. The summed E-state index contributed by atoms with van der Waals surface area (Å²) < 4.78 is 0. The van der Waals surface area contributed by atoms with Gasteiger partial charge < -0.3 is 10.6 Å². The van der Waals surface area contributed by atoms with Crippen molar-refractivity contribution in [1.29, 1.82) is 0 Å². The quantitative estimate of drug-likeness (QED) is 0.874. The van der Waals surface area contributed by atoms with Gasteiger partial charge in [-0.15, -0.1) is 0 Å². The number of amides is 2. The lowest BCUT2D eigenvalue weighted by Crippen LogP contribution is -2.35. The highest BCUT2D eigenvalue weighted by atomic mass is 16.2. The Balaban J connectivity index is 1.54. The van der Waals surface area contributed by atoms with Gasteiger partial charge in [0, 0.05) is 17.5 Å². The molecule has 0 spiro atoms. The van der Waals surface area contributed by atoms with E-state index in [1.54, 1.807) is 0 Å². The van der Waals surface area contributed by atoms with Crippen molar-refractivity contribution in [2.24, 2.45) is 11.8 Å². The maximum Gasteiger partial charge on any atom is 0.227 e. The third-order valence-electron chi connectivity index (χ3n) is 4.46. The molecule has 0 saturated heterocycles. The lowest BCUT2D eigenvalue weighted by atomic mass is 9.84. The molecule has 21 heavy (non-hydrogen) atoms. The van der Waals surface area contributed by atoms with E-state index in [1.807, 2.05) is 31.2 Å². The van der Waals surface area contributed by atoms with Gasteiger partial charge in [0.05, 0.1) is 6.04 Å². The SMILES string of the molecule is CC(NC(=O)C1CCC1)c1ccc(NC(=O)C2CC2)cc1. The Labute approximate surface area is 125 Å². The van der Waals surface area contributed by atoms with Crippen molar-refractivity contribution in [2.45, 2.75) is 45.1 Å². The van der Waals surface area contributed by atoms with Crippen LogP contribution in [0.2, 0.25) is 0 Å². The fraction of sp³-hybridized carbons (Fsp3) is 0.529. The second-order valence-corrected chi connectivity index (χ2v) is 6.24. The van der Waals surface area contributed by atoms with Crippen LogP contribution in [0.3, 0.4) is 0 Å². The van der Waals surface area contributed by atoms with Gasteiger partial charge in [-0.3, -0.25) is 9.59 Å². The average molecular weight is 286 g/mol. The number of hydrogen-bond donors (Lipinski definition) is 2. The molecule has 1 unspecified atom stereocenters. The molecule has 2 N–H and O–H groups in total. The van der Waals surface area contributed by atoms with Crippen molar-refractivity contribution in [3.05, 3.63) is 29.8 Å². The number of anilines is 1. The molecule has 0 radical (unpaired) electrons. The molecule has 1 atom stereocenters. The highest BCUT2D eigenvalue weighted by Crippen LogP contribution is 2.30. The number of rotatable bonds is 5. The summed E-state index contributed by atoms with van der Waals surface area (Å²) in [6.07, 6.45) is 5.22. The summed E-state index contributed by atoms with van der Waals surface area (Å²) in [5.41, 5.74) is 1.89. The number of carbonyl (C=O) groups is 2. The Morgan fingerprint density at radius 1 is 1.00 bits per heavy atom. The summed E-state index contributed by atoms with van der Waals surface area (Å²) in [6.45, 7) is 1.99. The van der Waals surface area contributed by atoms with Crippen molar-refractivity contribution in [3.63, 3.8) is 0 Å². The molecule has 0 bridgehead atoms. The molecule has 4 heteroatoms. The molecule has 3 rings (SSSR count). The fourth-order valence-corrected chi connectivity index (χ4v) is 2.53. The summed E-state index contributed by atoms with van der Waals surface area (Å²) in [4.78, 5) is 23.6. The first-order valence-electron chi connectivity index (χ1n) is 7.84. The molecule has 0 aromatic heterocycles. The smallest absolute Gasteiger partial charge is 0.227 e. The van der Waals surface area contributed by atoms with E-state index in [4.69, 9.17) is 0 Å². The fourth-order valence-electron chi connectivity index (χ4n) is 2.53. The van der Waals surface area contributed by atoms with Crippen LogP contribution in [0.25, 0.3) is 0 Å². The Morgan fingerprint density at radius 2 is 1.62 bits per heavy atom. The molecular formula is C17H22N2O2. The Bertz CT molecular complexity index is 530. The molecule has 0 aliphatic heterocycles. The molecule has 2 saturated carbocycles. The van der Waals surface area contributed by atoms with Crippen LogP contribution in [-0.4, -0.2) is 11.8 Å². The summed E-state index contributed by atoms with van der Waals surface area (Å²) in [7, 11) is 0. The van der Waals surface area contributed by atoms with Crippen LogP contribution >= 0.6 is 0 Å². The van der Waals surface area contributed by atoms with Crippen LogP contribution in [0.1, 0.15) is 50.6 Å². The van der Waals surface area contributed by atoms with Crippen LogP contribution < -0.4 is 10.6 Å². The van der Waals surface area contributed by atoms with Gasteiger partial charge in [-0.1, -0.05) is 18.6 Å². The zero-order chi connectivity index (χ0) is 14.8. The summed E-state index contributed by atoms with van der Waals surface area (Å²) in [5, 5.41) is 5.98. The first kappa shape index (κ1) is 14.1. The van der Waals surface area contributed by atoms with E-state index in [2.05, 4.69) is 10.6 Å². The van der Waals surface area contributed by atoms with E-state index in [0.717, 1.165) is 36.9 Å². The third-order valence-corrected chi connectivity index (χ3v) is 4.46. The van der Waals surface area contributed by atoms with E-state index in [1.165, 1.54) is 6.42 Å². The second-order valence-electron chi connectivity index (χ2n) is 6.24. The molecule has 0 heterocycles. The van der Waals surface area contributed by atoms with E-state index in [0.29, 0.717) is 0 Å². The normalized spacial score (nSPS) is 19.5. The topological polar surface area (TPSA) is 58.2 Å². The van der Waals surface area contributed by atoms with Gasteiger partial charge >= 0.3 is 0 Å². The molecule has 1 aromatic carbocycles. The number of hydrogen-bond acceptors (Lipinski definition) is 2. The second kappa shape index (κ2) is 5.88. The highest BCUT2D eigenvalue weighted by Gasteiger charge is 2.29. The molecule has 112 valence electrons. The minimum atomic E-state index is 0.00582. The van der Waals surface area contributed by atoms with E-state index >= 15 is 0 Å². The highest BCUT2D eigenvalue weighted by molar-refractivity contribution is 5.94. The van der Waals surface area contributed by atoms with Gasteiger partial charge in [-0.2, -0.15) is 0 Å². The predicted molar refractivity (Wildman–Crippen MR) is 81.7 cm³/mol. The number of nitrogens with one attached hydrogen (secondary N) is 2. The van der Waals surface area contributed by atoms with Crippen LogP contribution in [0.5, 0.6) is 0 Å². The molecule has 2 aliphatic rings. The van der Waals surface area contributed by atoms with Crippen molar-refractivity contribution in [3.8, 4) is 0 Å². The lowest BCUT2D eigenvalue weighted by Gasteiger charge is -2.26. The van der Waals surface area contributed by atoms with E-state index in [-0.39, 0.29) is 29.7 Å². The molecule has 2 fully saturated rings. The first-order valence-corrected chi connectivity index (χ1v) is 7.84. The van der Waals surface area contributed by atoms with E-state index < -0.39 is 0 Å². The zero-order valence-electron chi connectivity index (χ0n) is 12.4. The Hall–Kier alpha value is -1.84. The van der Waals surface area contributed by atoms with Gasteiger partial charge in [0.1, 0.15) is 0 Å². The molecule has 2 aliphatic carbocycles. The van der Waals surface area contributed by atoms with Crippen LogP contribution in [-0.2, 0) is 9.59 Å². The summed E-state index contributed by atoms with van der Waals surface area (Å²) in [6, 6.07) is 7.75. The predicted octanol–water partition coefficient (Wildman–Crippen LogP) is 3.01. The Kier molecular flexibility index (Phi) is 3.95. The van der Waals surface area contributed by atoms with Crippen LogP contribution in [0, 0.1) is 11.8 Å². The lowest BCUT2D eigenvalue weighted by molar-refractivity contribution is -0.128. The Morgan fingerprint density at radius 3 is 2.14 bits per heavy atom. The number of benzene rings is 1. The average Bonchev–Trinajstić information content (AvgIpc) is 3.21. The zero-order valence-corrected chi connectivity index (χ0v) is 12.4. The largest absolute Gasteiger partial charge is 0.349 e. The van der Waals surface area contributed by atoms with Gasteiger partial charge in [-0.25, -0.2) is 0 Å². The van der Waals surface area contributed by atoms with Gasteiger partial charge in [0.2, 0.25) is 11.8 Å². The molecule has 4 nitrogen and oxygen atoms in total. The van der Waals surface area contributed by atoms with Crippen molar-refractivity contribution in [1.82, 2.24) is 5.32 Å². The molecule has 1 aromatic rings. The van der Waals surface area contributed by atoms with Crippen LogP contribution in [0.15, 0.2) is 24.3 Å². The maximum atomic E-state index is 11.9. The van der Waals surface area contributed by atoms with Gasteiger partial charge in [-0.05, 0) is 50.3 Å². The minimum Gasteiger partial charge on any atom is -0.349 e. The standard InChI is InChI=1S/C17H22N2O2/c1-11(18-16(20)13-3-2-4-13)12-7-9-15(10-8-12)19-17(21)14-5-6-14/h7-11,13-14H,2-6H2,1H3,(H,18,20)(H,19,21). The van der Waals surface area contributed by atoms with Gasteiger partial charge in [0.15, 0.2) is 0 Å². The summed E-state index contributed by atoms with van der Waals surface area (Å²) >= 11 is 0. The van der Waals surface area contributed by atoms with Crippen molar-refractivity contribution >= 4 is 17.5 Å². The molecular weight excluding hydrogens is 264 g/mol. The first-order chi connectivity index (χ1) is 10.1. The van der Waals surface area contributed by atoms with Gasteiger partial charge in [0.25, 0.3) is 0 Å². The van der Waals surface area contributed by atoms with Crippen molar-refractivity contribution in [2.75, 3.05) is 5.32 Å². The molecule has 2 amide bonds. The monoisotopic (exact) mass is 286 g/mol. The third kappa shape index (κ3) is 3.43. The van der Waals surface area contributed by atoms with Crippen molar-refractivity contribution < 1.29 is 9.59 Å². The van der Waals surface area contributed by atoms with Crippen LogP contribution in [0.4, 0.5) is 5.69 Å².